The summed E-state index contributed by atoms with van der Waals surface area (Å²) >= 11 is 0. The van der Waals surface area contributed by atoms with Gasteiger partial charge in [0.05, 0.1) is 36.6 Å². The van der Waals surface area contributed by atoms with E-state index in [2.05, 4.69) is 52.8 Å². The van der Waals surface area contributed by atoms with Crippen LogP contribution in [0, 0.1) is 0 Å². The maximum atomic E-state index is 11.0. The number of nitrogens with one attached hydrogen (secondary N) is 1. The van der Waals surface area contributed by atoms with Gasteiger partial charge in [-0.05, 0) is 35.1 Å². The van der Waals surface area contributed by atoms with E-state index in [9.17, 15) is 4.79 Å². The Hall–Kier alpha value is -3.34. The van der Waals surface area contributed by atoms with E-state index in [-0.39, 0.29) is 18.4 Å². The van der Waals surface area contributed by atoms with Gasteiger partial charge in [0, 0.05) is 12.0 Å². The molecular formula is C24H22N2O3. The first-order valence-electron chi connectivity index (χ1n) is 9.97. The normalized spacial score (nSPS) is 19.3. The molecule has 1 aromatic heterocycles. The standard InChI is InChI=1S/C24H22N2O3/c27-23(28)11-16-14-29-22-12-17(13-25-24(16)22)26-21-10-9-19-18(7-4-8-20(19)21)15-5-2-1-3-6-15/h1-8,12-13,16,21,26H,9-11,14H2,(H,27,28)/t16-,21-/m1/s1. The van der Waals surface area contributed by atoms with E-state index in [4.69, 9.17) is 9.84 Å². The second-order valence-corrected chi connectivity index (χ2v) is 7.69. The van der Waals surface area contributed by atoms with E-state index in [0.717, 1.165) is 24.2 Å². The molecule has 2 N–H and O–H groups in total. The van der Waals surface area contributed by atoms with Gasteiger partial charge in [0.15, 0.2) is 0 Å². The van der Waals surface area contributed by atoms with Crippen LogP contribution in [0.2, 0.25) is 0 Å². The second-order valence-electron chi connectivity index (χ2n) is 7.69. The lowest BCUT2D eigenvalue weighted by Gasteiger charge is -2.17. The molecule has 0 bridgehead atoms. The summed E-state index contributed by atoms with van der Waals surface area (Å²) in [5, 5.41) is 12.6. The molecule has 2 atom stereocenters. The largest absolute Gasteiger partial charge is 0.491 e. The lowest BCUT2D eigenvalue weighted by Crippen LogP contribution is -2.09. The van der Waals surface area contributed by atoms with Gasteiger partial charge in [0.25, 0.3) is 0 Å². The Morgan fingerprint density at radius 2 is 2.03 bits per heavy atom. The Morgan fingerprint density at radius 1 is 1.17 bits per heavy atom. The molecule has 29 heavy (non-hydrogen) atoms. The summed E-state index contributed by atoms with van der Waals surface area (Å²) in [6.07, 6.45) is 3.90. The first-order valence-corrected chi connectivity index (χ1v) is 9.97. The molecular weight excluding hydrogens is 364 g/mol. The number of aromatic nitrogens is 1. The van der Waals surface area contributed by atoms with Gasteiger partial charge in [-0.25, -0.2) is 0 Å². The maximum Gasteiger partial charge on any atom is 0.304 e. The molecule has 5 heteroatoms. The van der Waals surface area contributed by atoms with Crippen LogP contribution in [-0.2, 0) is 11.2 Å². The quantitative estimate of drug-likeness (QED) is 0.659. The molecule has 0 unspecified atom stereocenters. The molecule has 2 aromatic carbocycles. The van der Waals surface area contributed by atoms with Crippen LogP contribution < -0.4 is 10.1 Å². The van der Waals surface area contributed by atoms with E-state index in [1.807, 2.05) is 12.1 Å². The molecule has 0 spiro atoms. The molecule has 0 saturated carbocycles. The minimum Gasteiger partial charge on any atom is -0.491 e. The molecule has 1 aliphatic heterocycles. The van der Waals surface area contributed by atoms with E-state index < -0.39 is 5.97 Å². The molecule has 1 aliphatic carbocycles. The van der Waals surface area contributed by atoms with Gasteiger partial charge in [-0.1, -0.05) is 48.5 Å². The summed E-state index contributed by atoms with van der Waals surface area (Å²) in [4.78, 5) is 15.5. The van der Waals surface area contributed by atoms with Crippen molar-refractivity contribution in [3.05, 3.63) is 77.6 Å². The summed E-state index contributed by atoms with van der Waals surface area (Å²) in [6.45, 7) is 0.380. The number of carbonyl (C=O) groups is 1. The molecule has 0 fully saturated rings. The molecule has 2 heterocycles. The number of rotatable bonds is 5. The Bertz CT molecular complexity index is 1060. The van der Waals surface area contributed by atoms with Crippen molar-refractivity contribution in [3.63, 3.8) is 0 Å². The molecule has 0 radical (unpaired) electrons. The third-order valence-corrected chi connectivity index (χ3v) is 5.83. The molecule has 146 valence electrons. The zero-order chi connectivity index (χ0) is 19.8. The highest BCUT2D eigenvalue weighted by atomic mass is 16.5. The number of hydrogen-bond donors (Lipinski definition) is 2. The second kappa shape index (κ2) is 7.24. The lowest BCUT2D eigenvalue weighted by atomic mass is 9.96. The first kappa shape index (κ1) is 17.7. The van der Waals surface area contributed by atoms with Gasteiger partial charge in [-0.3, -0.25) is 9.78 Å². The summed E-state index contributed by atoms with van der Waals surface area (Å²) in [6, 6.07) is 19.2. The van der Waals surface area contributed by atoms with Crippen molar-refractivity contribution in [3.8, 4) is 16.9 Å². The highest BCUT2D eigenvalue weighted by Crippen LogP contribution is 2.41. The fourth-order valence-corrected chi connectivity index (χ4v) is 4.49. The number of ether oxygens (including phenoxy) is 1. The van der Waals surface area contributed by atoms with Gasteiger partial charge in [0.2, 0.25) is 0 Å². The van der Waals surface area contributed by atoms with Crippen molar-refractivity contribution in [2.45, 2.75) is 31.2 Å². The van der Waals surface area contributed by atoms with Crippen LogP contribution in [0.25, 0.3) is 11.1 Å². The number of pyridine rings is 1. The minimum atomic E-state index is -0.827. The zero-order valence-corrected chi connectivity index (χ0v) is 16.0. The SMILES string of the molecule is O=C(O)C[C@@H]1COc2cc(N[C@@H]3CCc4c(-c5ccccc5)cccc43)cnc21. The van der Waals surface area contributed by atoms with Crippen molar-refractivity contribution in [2.75, 3.05) is 11.9 Å². The number of hydrogen-bond acceptors (Lipinski definition) is 4. The number of anilines is 1. The lowest BCUT2D eigenvalue weighted by molar-refractivity contribution is -0.137. The van der Waals surface area contributed by atoms with E-state index in [0.29, 0.717) is 12.4 Å². The average molecular weight is 386 g/mol. The van der Waals surface area contributed by atoms with Crippen LogP contribution in [0.5, 0.6) is 5.75 Å². The third-order valence-electron chi connectivity index (χ3n) is 5.83. The molecule has 2 aliphatic rings. The van der Waals surface area contributed by atoms with E-state index >= 15 is 0 Å². The van der Waals surface area contributed by atoms with Crippen molar-refractivity contribution in [1.82, 2.24) is 4.98 Å². The molecule has 5 nitrogen and oxygen atoms in total. The Labute approximate surface area is 169 Å². The number of fused-ring (bicyclic) bond motifs is 2. The van der Waals surface area contributed by atoms with Crippen LogP contribution in [-0.4, -0.2) is 22.7 Å². The zero-order valence-electron chi connectivity index (χ0n) is 16.0. The van der Waals surface area contributed by atoms with Crippen molar-refractivity contribution < 1.29 is 14.6 Å². The van der Waals surface area contributed by atoms with Crippen LogP contribution in [0.3, 0.4) is 0 Å². The number of nitrogens with zero attached hydrogens (tertiary/aromatic N) is 1. The summed E-state index contributed by atoms with van der Waals surface area (Å²) < 4.78 is 5.70. The van der Waals surface area contributed by atoms with Gasteiger partial charge >= 0.3 is 5.97 Å². The third kappa shape index (κ3) is 3.33. The monoisotopic (exact) mass is 386 g/mol. The van der Waals surface area contributed by atoms with Crippen molar-refractivity contribution in [2.24, 2.45) is 0 Å². The number of carboxylic acids is 1. The molecule has 5 rings (SSSR count). The predicted molar refractivity (Wildman–Crippen MR) is 111 cm³/mol. The molecule has 3 aromatic rings. The van der Waals surface area contributed by atoms with Gasteiger partial charge < -0.3 is 15.2 Å². The first-order chi connectivity index (χ1) is 14.2. The Morgan fingerprint density at radius 3 is 2.86 bits per heavy atom. The topological polar surface area (TPSA) is 71.5 Å². The Balaban J connectivity index is 1.39. The van der Waals surface area contributed by atoms with Crippen LogP contribution in [0.1, 0.15) is 41.6 Å². The van der Waals surface area contributed by atoms with Crippen LogP contribution >= 0.6 is 0 Å². The maximum absolute atomic E-state index is 11.0. The molecule has 0 amide bonds. The van der Waals surface area contributed by atoms with Crippen LogP contribution in [0.15, 0.2) is 60.8 Å². The van der Waals surface area contributed by atoms with Gasteiger partial charge in [0.1, 0.15) is 5.75 Å². The fourth-order valence-electron chi connectivity index (χ4n) is 4.49. The summed E-state index contributed by atoms with van der Waals surface area (Å²) in [5.41, 5.74) is 6.94. The fraction of sp³-hybridized carbons (Fsp3) is 0.250. The van der Waals surface area contributed by atoms with Crippen molar-refractivity contribution in [1.29, 1.82) is 0 Å². The number of benzene rings is 2. The number of aliphatic carboxylic acids is 1. The summed E-state index contributed by atoms with van der Waals surface area (Å²) in [7, 11) is 0. The van der Waals surface area contributed by atoms with Gasteiger partial charge in [-0.15, -0.1) is 0 Å². The van der Waals surface area contributed by atoms with Gasteiger partial charge in [-0.2, -0.15) is 0 Å². The predicted octanol–water partition coefficient (Wildman–Crippen LogP) is 4.80. The average Bonchev–Trinajstić information content (AvgIpc) is 3.32. The van der Waals surface area contributed by atoms with Crippen molar-refractivity contribution >= 4 is 11.7 Å². The van der Waals surface area contributed by atoms with E-state index in [1.165, 1.54) is 22.3 Å². The number of carboxylic acid groups (broad SMARTS) is 1. The highest BCUT2D eigenvalue weighted by Gasteiger charge is 2.29. The van der Waals surface area contributed by atoms with Crippen LogP contribution in [0.4, 0.5) is 5.69 Å². The van der Waals surface area contributed by atoms with E-state index in [1.54, 1.807) is 6.20 Å². The Kier molecular flexibility index (Phi) is 4.43. The summed E-state index contributed by atoms with van der Waals surface area (Å²) in [5.74, 6) is -0.304. The highest BCUT2D eigenvalue weighted by molar-refractivity contribution is 5.71. The smallest absolute Gasteiger partial charge is 0.304 e. The molecule has 0 saturated heterocycles. The minimum absolute atomic E-state index is 0.0467.